The fourth-order valence-electron chi connectivity index (χ4n) is 1.96. The van der Waals surface area contributed by atoms with Crippen molar-refractivity contribution < 1.29 is 4.74 Å². The number of rotatable bonds is 5. The molecule has 0 aliphatic carbocycles. The van der Waals surface area contributed by atoms with Crippen LogP contribution in [0.15, 0.2) is 35.1 Å². The molecule has 2 aromatic rings. The highest BCUT2D eigenvalue weighted by atomic mass is 79.9. The zero-order chi connectivity index (χ0) is 13.8. The van der Waals surface area contributed by atoms with Crippen LogP contribution in [0.3, 0.4) is 0 Å². The van der Waals surface area contributed by atoms with E-state index in [0.29, 0.717) is 0 Å². The van der Waals surface area contributed by atoms with E-state index < -0.39 is 0 Å². The first-order valence-corrected chi connectivity index (χ1v) is 7.06. The van der Waals surface area contributed by atoms with E-state index in [4.69, 9.17) is 10.5 Å². The second-order valence-electron chi connectivity index (χ2n) is 4.40. The Balaban J connectivity index is 2.29. The number of ether oxygens (including phenoxy) is 1. The van der Waals surface area contributed by atoms with Gasteiger partial charge < -0.3 is 10.5 Å². The van der Waals surface area contributed by atoms with Crippen LogP contribution in [0.25, 0.3) is 0 Å². The van der Waals surface area contributed by atoms with Crippen LogP contribution in [0, 0.1) is 0 Å². The molecule has 102 valence electrons. The van der Waals surface area contributed by atoms with Crippen molar-refractivity contribution in [2.45, 2.75) is 25.9 Å². The summed E-state index contributed by atoms with van der Waals surface area (Å²) in [7, 11) is 1.65. The van der Waals surface area contributed by atoms with Crippen molar-refractivity contribution in [3.8, 4) is 5.75 Å². The Morgan fingerprint density at radius 1 is 1.47 bits per heavy atom. The van der Waals surface area contributed by atoms with Gasteiger partial charge in [0.1, 0.15) is 5.75 Å². The smallest absolute Gasteiger partial charge is 0.119 e. The van der Waals surface area contributed by atoms with Crippen LogP contribution in [0.4, 0.5) is 0 Å². The Bertz CT molecular complexity index is 553. The molecule has 5 heteroatoms. The number of nitrogens with two attached hydrogens (primary N) is 1. The van der Waals surface area contributed by atoms with Gasteiger partial charge in [-0.25, -0.2) is 0 Å². The summed E-state index contributed by atoms with van der Waals surface area (Å²) in [5.41, 5.74) is 8.31. The van der Waals surface area contributed by atoms with Gasteiger partial charge in [0.25, 0.3) is 0 Å². The summed E-state index contributed by atoms with van der Waals surface area (Å²) >= 11 is 3.53. The predicted octanol–water partition coefficient (Wildman–Crippen LogP) is 3.11. The summed E-state index contributed by atoms with van der Waals surface area (Å²) in [4.78, 5) is 0. The molecule has 0 spiro atoms. The normalized spacial score (nSPS) is 12.4. The minimum atomic E-state index is -0.213. The van der Waals surface area contributed by atoms with Gasteiger partial charge in [-0.2, -0.15) is 5.10 Å². The Morgan fingerprint density at radius 2 is 2.26 bits per heavy atom. The average Bonchev–Trinajstić information content (AvgIpc) is 2.88. The van der Waals surface area contributed by atoms with Crippen molar-refractivity contribution in [1.29, 1.82) is 0 Å². The molecule has 2 N–H and O–H groups in total. The highest BCUT2D eigenvalue weighted by Crippen LogP contribution is 2.30. The molecule has 0 aliphatic heterocycles. The number of aryl methyl sites for hydroxylation is 1. The fraction of sp³-hybridized carbons (Fsp3) is 0.357. The molecule has 0 saturated carbocycles. The number of hydrogen-bond donors (Lipinski definition) is 1. The highest BCUT2D eigenvalue weighted by molar-refractivity contribution is 9.10. The summed E-state index contributed by atoms with van der Waals surface area (Å²) in [6.07, 6.45) is 4.88. The van der Waals surface area contributed by atoms with Gasteiger partial charge >= 0.3 is 0 Å². The van der Waals surface area contributed by atoms with Crippen molar-refractivity contribution in [3.63, 3.8) is 0 Å². The lowest BCUT2D eigenvalue weighted by Crippen LogP contribution is -2.12. The Hall–Kier alpha value is -1.33. The van der Waals surface area contributed by atoms with E-state index in [1.165, 1.54) is 0 Å². The van der Waals surface area contributed by atoms with Crippen molar-refractivity contribution in [2.75, 3.05) is 7.11 Å². The monoisotopic (exact) mass is 323 g/mol. The molecule has 1 heterocycles. The van der Waals surface area contributed by atoms with E-state index in [0.717, 1.165) is 34.3 Å². The Kier molecular flexibility index (Phi) is 4.61. The van der Waals surface area contributed by atoms with E-state index in [-0.39, 0.29) is 6.04 Å². The molecule has 0 saturated heterocycles. The molecule has 19 heavy (non-hydrogen) atoms. The lowest BCUT2D eigenvalue weighted by atomic mass is 10.0. The van der Waals surface area contributed by atoms with E-state index in [9.17, 15) is 0 Å². The van der Waals surface area contributed by atoms with Crippen LogP contribution in [-0.2, 0) is 6.54 Å². The average molecular weight is 324 g/mol. The van der Waals surface area contributed by atoms with E-state index in [2.05, 4.69) is 28.0 Å². The van der Waals surface area contributed by atoms with Gasteiger partial charge in [-0.1, -0.05) is 22.9 Å². The lowest BCUT2D eigenvalue weighted by Gasteiger charge is -2.13. The Morgan fingerprint density at radius 3 is 2.95 bits per heavy atom. The molecule has 0 fully saturated rings. The molecular formula is C14H18BrN3O. The number of nitrogens with zero attached hydrogens (tertiary/aromatic N) is 2. The standard InChI is InChI=1S/C14H18BrN3O/c1-3-6-18-9-10(8-17-18)14(16)12-7-11(19-2)4-5-13(12)15/h4-5,7-9,14H,3,6,16H2,1-2H3. The maximum Gasteiger partial charge on any atom is 0.119 e. The van der Waals surface area contributed by atoms with E-state index >= 15 is 0 Å². The number of benzene rings is 1. The van der Waals surface area contributed by atoms with Gasteiger partial charge in [0, 0.05) is 22.8 Å². The summed E-state index contributed by atoms with van der Waals surface area (Å²) in [5.74, 6) is 0.801. The molecule has 0 amide bonds. The first-order valence-electron chi connectivity index (χ1n) is 6.27. The van der Waals surface area contributed by atoms with E-state index in [1.54, 1.807) is 7.11 Å². The molecule has 4 nitrogen and oxygen atoms in total. The van der Waals surface area contributed by atoms with Crippen LogP contribution < -0.4 is 10.5 Å². The molecule has 1 aromatic carbocycles. The van der Waals surface area contributed by atoms with Crippen molar-refractivity contribution >= 4 is 15.9 Å². The molecule has 0 aliphatic rings. The molecule has 1 atom stereocenters. The van der Waals surface area contributed by atoms with Crippen LogP contribution >= 0.6 is 15.9 Å². The van der Waals surface area contributed by atoms with Crippen LogP contribution in [0.5, 0.6) is 5.75 Å². The molecule has 0 bridgehead atoms. The second-order valence-corrected chi connectivity index (χ2v) is 5.26. The third-order valence-corrected chi connectivity index (χ3v) is 3.73. The van der Waals surface area contributed by atoms with Crippen LogP contribution in [0.1, 0.15) is 30.5 Å². The van der Waals surface area contributed by atoms with Gasteiger partial charge in [-0.3, -0.25) is 4.68 Å². The third-order valence-electron chi connectivity index (χ3n) is 3.00. The molecule has 1 unspecified atom stereocenters. The first kappa shape index (κ1) is 14.1. The van der Waals surface area contributed by atoms with Gasteiger partial charge in [0.2, 0.25) is 0 Å². The summed E-state index contributed by atoms with van der Waals surface area (Å²) in [5, 5.41) is 4.31. The topological polar surface area (TPSA) is 53.1 Å². The summed E-state index contributed by atoms with van der Waals surface area (Å²) in [6, 6.07) is 5.59. The molecule has 2 rings (SSSR count). The first-order chi connectivity index (χ1) is 9.15. The highest BCUT2D eigenvalue weighted by Gasteiger charge is 2.15. The minimum absolute atomic E-state index is 0.213. The number of methoxy groups -OCH3 is 1. The summed E-state index contributed by atoms with van der Waals surface area (Å²) < 4.78 is 8.14. The number of aromatic nitrogens is 2. The minimum Gasteiger partial charge on any atom is -0.497 e. The largest absolute Gasteiger partial charge is 0.497 e. The van der Waals surface area contributed by atoms with Gasteiger partial charge in [0.05, 0.1) is 19.3 Å². The SMILES string of the molecule is CCCn1cc(C(N)c2cc(OC)ccc2Br)cn1. The molecule has 0 radical (unpaired) electrons. The second kappa shape index (κ2) is 6.21. The third kappa shape index (κ3) is 3.16. The van der Waals surface area contributed by atoms with E-state index in [1.807, 2.05) is 35.3 Å². The Labute approximate surface area is 121 Å². The maximum absolute atomic E-state index is 6.31. The number of hydrogen-bond acceptors (Lipinski definition) is 3. The zero-order valence-corrected chi connectivity index (χ0v) is 12.7. The van der Waals surface area contributed by atoms with Crippen LogP contribution in [-0.4, -0.2) is 16.9 Å². The fourth-order valence-corrected chi connectivity index (χ4v) is 2.45. The number of halogens is 1. The zero-order valence-electron chi connectivity index (χ0n) is 11.1. The van der Waals surface area contributed by atoms with Crippen molar-refractivity contribution in [1.82, 2.24) is 9.78 Å². The lowest BCUT2D eigenvalue weighted by molar-refractivity contribution is 0.414. The molecule has 1 aromatic heterocycles. The molecular weight excluding hydrogens is 306 g/mol. The van der Waals surface area contributed by atoms with Crippen molar-refractivity contribution in [3.05, 3.63) is 46.2 Å². The van der Waals surface area contributed by atoms with Crippen LogP contribution in [0.2, 0.25) is 0 Å². The predicted molar refractivity (Wildman–Crippen MR) is 79.2 cm³/mol. The maximum atomic E-state index is 6.31. The van der Waals surface area contributed by atoms with Gasteiger partial charge in [-0.15, -0.1) is 0 Å². The van der Waals surface area contributed by atoms with Crippen molar-refractivity contribution in [2.24, 2.45) is 5.73 Å². The quantitative estimate of drug-likeness (QED) is 0.919. The summed E-state index contributed by atoms with van der Waals surface area (Å²) in [6.45, 7) is 3.03. The van der Waals surface area contributed by atoms with Gasteiger partial charge in [0.15, 0.2) is 0 Å². The van der Waals surface area contributed by atoms with Gasteiger partial charge in [-0.05, 0) is 30.2 Å².